The fourth-order valence-electron chi connectivity index (χ4n) is 2.71. The minimum atomic E-state index is -3.39. The number of methoxy groups -OCH3 is 1. The number of nitrogens with one attached hydrogen (secondary N) is 2. The predicted octanol–water partition coefficient (Wildman–Crippen LogP) is 0.957. The second-order valence-electron chi connectivity index (χ2n) is 5.71. The van der Waals surface area contributed by atoms with Gasteiger partial charge in [-0.15, -0.1) is 0 Å². The van der Waals surface area contributed by atoms with Crippen LogP contribution in [0.2, 0.25) is 0 Å². The van der Waals surface area contributed by atoms with Crippen molar-refractivity contribution in [1.29, 1.82) is 0 Å². The van der Waals surface area contributed by atoms with Crippen molar-refractivity contribution < 1.29 is 13.2 Å². The van der Waals surface area contributed by atoms with Crippen molar-refractivity contribution in [2.75, 3.05) is 39.9 Å². The molecular formula is C14H31N3O3S. The molecular weight excluding hydrogens is 290 g/mol. The van der Waals surface area contributed by atoms with E-state index in [0.717, 1.165) is 38.8 Å². The number of rotatable bonds is 10. The Hall–Kier alpha value is -0.210. The van der Waals surface area contributed by atoms with Crippen LogP contribution in [0, 0.1) is 5.92 Å². The van der Waals surface area contributed by atoms with Crippen molar-refractivity contribution >= 4 is 10.2 Å². The lowest BCUT2D eigenvalue weighted by molar-refractivity contribution is 0.169. The van der Waals surface area contributed by atoms with E-state index in [0.29, 0.717) is 25.6 Å². The average molecular weight is 321 g/mol. The average Bonchev–Trinajstić information content (AvgIpc) is 2.46. The Kier molecular flexibility index (Phi) is 8.73. The number of ether oxygens (including phenoxy) is 1. The maximum absolute atomic E-state index is 12.4. The molecule has 1 unspecified atom stereocenters. The second-order valence-corrected chi connectivity index (χ2v) is 7.42. The van der Waals surface area contributed by atoms with Crippen LogP contribution in [0.3, 0.4) is 0 Å². The molecule has 0 saturated carbocycles. The summed E-state index contributed by atoms with van der Waals surface area (Å²) >= 11 is 0. The molecule has 0 aliphatic carbocycles. The molecule has 1 aliphatic rings. The van der Waals surface area contributed by atoms with Crippen LogP contribution in [-0.2, 0) is 14.9 Å². The molecule has 1 aliphatic heterocycles. The molecule has 0 aromatic carbocycles. The fraction of sp³-hybridized carbons (Fsp3) is 1.00. The molecule has 1 heterocycles. The lowest BCUT2D eigenvalue weighted by atomic mass is 9.98. The highest BCUT2D eigenvalue weighted by molar-refractivity contribution is 7.87. The van der Waals surface area contributed by atoms with Gasteiger partial charge in [-0.3, -0.25) is 0 Å². The van der Waals surface area contributed by atoms with Crippen molar-refractivity contribution in [3.05, 3.63) is 0 Å². The van der Waals surface area contributed by atoms with Gasteiger partial charge in [0.2, 0.25) is 0 Å². The largest absolute Gasteiger partial charge is 0.383 e. The smallest absolute Gasteiger partial charge is 0.279 e. The molecule has 1 rings (SSSR count). The first-order valence-corrected chi connectivity index (χ1v) is 9.44. The minimum Gasteiger partial charge on any atom is -0.383 e. The van der Waals surface area contributed by atoms with E-state index < -0.39 is 10.2 Å². The van der Waals surface area contributed by atoms with Gasteiger partial charge in [-0.05, 0) is 38.3 Å². The van der Waals surface area contributed by atoms with Gasteiger partial charge in [-0.25, -0.2) is 0 Å². The molecule has 7 heteroatoms. The third-order valence-corrected chi connectivity index (χ3v) is 5.59. The van der Waals surface area contributed by atoms with Gasteiger partial charge in [0.25, 0.3) is 10.2 Å². The van der Waals surface area contributed by atoms with Crippen LogP contribution in [0.1, 0.15) is 39.5 Å². The topological polar surface area (TPSA) is 70.7 Å². The van der Waals surface area contributed by atoms with Gasteiger partial charge in [-0.1, -0.05) is 20.3 Å². The van der Waals surface area contributed by atoms with Crippen LogP contribution in [0.5, 0.6) is 0 Å². The summed E-state index contributed by atoms with van der Waals surface area (Å²) in [7, 11) is -1.79. The standard InChI is InChI=1S/C14H31N3O3S/c1-4-6-14(12-20-3)16-21(18,19)17-9-7-13(8-10-17)11-15-5-2/h13-16H,4-12H2,1-3H3. The molecule has 21 heavy (non-hydrogen) atoms. The predicted molar refractivity (Wildman–Crippen MR) is 85.5 cm³/mol. The Morgan fingerprint density at radius 3 is 2.48 bits per heavy atom. The lowest BCUT2D eigenvalue weighted by Crippen LogP contribution is -2.50. The van der Waals surface area contributed by atoms with Crippen LogP contribution < -0.4 is 10.0 Å². The summed E-state index contributed by atoms with van der Waals surface area (Å²) in [6, 6.07) is -0.135. The Labute approximate surface area is 129 Å². The first-order valence-electron chi connectivity index (χ1n) is 8.00. The number of hydrogen-bond acceptors (Lipinski definition) is 4. The van der Waals surface area contributed by atoms with Crippen LogP contribution in [0.15, 0.2) is 0 Å². The quantitative estimate of drug-likeness (QED) is 0.629. The Morgan fingerprint density at radius 1 is 1.29 bits per heavy atom. The van der Waals surface area contributed by atoms with Crippen molar-refractivity contribution in [3.8, 4) is 0 Å². The summed E-state index contributed by atoms with van der Waals surface area (Å²) in [6.45, 7) is 7.73. The van der Waals surface area contributed by atoms with Crippen molar-refractivity contribution in [2.24, 2.45) is 5.92 Å². The van der Waals surface area contributed by atoms with Crippen molar-refractivity contribution in [3.63, 3.8) is 0 Å². The van der Waals surface area contributed by atoms with E-state index in [-0.39, 0.29) is 6.04 Å². The van der Waals surface area contributed by atoms with Gasteiger partial charge < -0.3 is 10.1 Å². The first kappa shape index (κ1) is 18.8. The highest BCUT2D eigenvalue weighted by Crippen LogP contribution is 2.18. The van der Waals surface area contributed by atoms with E-state index in [4.69, 9.17) is 4.74 Å². The molecule has 1 fully saturated rings. The van der Waals surface area contributed by atoms with Crippen LogP contribution >= 0.6 is 0 Å². The molecule has 0 radical (unpaired) electrons. The molecule has 0 spiro atoms. The molecule has 1 saturated heterocycles. The molecule has 6 nitrogen and oxygen atoms in total. The van der Waals surface area contributed by atoms with Gasteiger partial charge in [0.1, 0.15) is 0 Å². The zero-order chi connectivity index (χ0) is 15.7. The van der Waals surface area contributed by atoms with Gasteiger partial charge in [0, 0.05) is 26.2 Å². The summed E-state index contributed by atoms with van der Waals surface area (Å²) in [4.78, 5) is 0. The highest BCUT2D eigenvalue weighted by atomic mass is 32.2. The number of hydrogen-bond donors (Lipinski definition) is 2. The summed E-state index contributed by atoms with van der Waals surface area (Å²) in [5, 5.41) is 3.34. The molecule has 126 valence electrons. The molecule has 1 atom stereocenters. The van der Waals surface area contributed by atoms with Gasteiger partial charge >= 0.3 is 0 Å². The number of piperidine rings is 1. The Morgan fingerprint density at radius 2 is 1.95 bits per heavy atom. The monoisotopic (exact) mass is 321 g/mol. The van der Waals surface area contributed by atoms with Gasteiger partial charge in [0.15, 0.2) is 0 Å². The third-order valence-electron chi connectivity index (χ3n) is 3.92. The third kappa shape index (κ3) is 6.61. The van der Waals surface area contributed by atoms with E-state index >= 15 is 0 Å². The highest BCUT2D eigenvalue weighted by Gasteiger charge is 2.29. The van der Waals surface area contributed by atoms with Crippen molar-refractivity contribution in [2.45, 2.75) is 45.6 Å². The minimum absolute atomic E-state index is 0.135. The van der Waals surface area contributed by atoms with Crippen molar-refractivity contribution in [1.82, 2.24) is 14.3 Å². The maximum atomic E-state index is 12.4. The Bertz CT molecular complexity index is 362. The normalized spacial score (nSPS) is 19.8. The van der Waals surface area contributed by atoms with E-state index in [1.807, 2.05) is 6.92 Å². The molecule has 0 amide bonds. The summed E-state index contributed by atoms with van der Waals surface area (Å²) in [5.74, 6) is 0.585. The van der Waals surface area contributed by atoms with Crippen LogP contribution in [0.25, 0.3) is 0 Å². The van der Waals surface area contributed by atoms with Crippen LogP contribution in [-0.4, -0.2) is 58.7 Å². The van der Waals surface area contributed by atoms with E-state index in [1.165, 1.54) is 0 Å². The summed E-state index contributed by atoms with van der Waals surface area (Å²) in [5.41, 5.74) is 0. The van der Waals surface area contributed by atoms with E-state index in [1.54, 1.807) is 11.4 Å². The maximum Gasteiger partial charge on any atom is 0.279 e. The number of nitrogens with zero attached hydrogens (tertiary/aromatic N) is 1. The molecule has 0 aromatic rings. The summed E-state index contributed by atoms with van der Waals surface area (Å²) in [6.07, 6.45) is 3.58. The van der Waals surface area contributed by atoms with E-state index in [2.05, 4.69) is 17.0 Å². The zero-order valence-electron chi connectivity index (χ0n) is 13.6. The molecule has 0 bridgehead atoms. The summed E-state index contributed by atoms with van der Waals surface area (Å²) < 4.78 is 34.3. The SMILES string of the molecule is CCCC(COC)NS(=O)(=O)N1CCC(CNCC)CC1. The van der Waals surface area contributed by atoms with Gasteiger partial charge in [0.05, 0.1) is 6.61 Å². The van der Waals surface area contributed by atoms with Gasteiger partial charge in [-0.2, -0.15) is 17.4 Å². The zero-order valence-corrected chi connectivity index (χ0v) is 14.4. The van der Waals surface area contributed by atoms with E-state index in [9.17, 15) is 8.42 Å². The molecule has 2 N–H and O–H groups in total. The lowest BCUT2D eigenvalue weighted by Gasteiger charge is -2.32. The molecule has 0 aromatic heterocycles. The second kappa shape index (κ2) is 9.74. The fourth-order valence-corrected chi connectivity index (χ4v) is 4.16. The Balaban J connectivity index is 2.48. The van der Waals surface area contributed by atoms with Crippen LogP contribution in [0.4, 0.5) is 0 Å². The first-order chi connectivity index (χ1) is 10.0.